The van der Waals surface area contributed by atoms with Gasteiger partial charge in [-0.2, -0.15) is 13.2 Å². The topological polar surface area (TPSA) is 83.3 Å². The fraction of sp³-hybridized carbons (Fsp3) is 0.464. The molecule has 0 bridgehead atoms. The summed E-state index contributed by atoms with van der Waals surface area (Å²) in [6.45, 7) is 1.48. The highest BCUT2D eigenvalue weighted by Crippen LogP contribution is 2.55. The first-order valence-corrected chi connectivity index (χ1v) is 12.9. The Labute approximate surface area is 223 Å². The van der Waals surface area contributed by atoms with Gasteiger partial charge in [-0.05, 0) is 60.7 Å². The molecular formula is C28H30F5N5O. The Morgan fingerprint density at radius 2 is 1.90 bits per heavy atom. The number of carbonyl (C=O) groups excluding carboxylic acids is 1. The third kappa shape index (κ3) is 4.70. The SMILES string of the molecule is C[C@@H](NC1CCC1)c1cc2c(c(C(F)(F)F)c1)CN(c1cccc(C3(C(=N)N(C)C=N)CC(F)(F)C3)c1)C2=O. The van der Waals surface area contributed by atoms with Crippen LogP contribution in [-0.4, -0.2) is 42.0 Å². The average molecular weight is 548 g/mol. The molecule has 0 saturated heterocycles. The molecule has 11 heteroatoms. The van der Waals surface area contributed by atoms with Gasteiger partial charge in [-0.3, -0.25) is 15.6 Å². The maximum absolute atomic E-state index is 14.2. The van der Waals surface area contributed by atoms with E-state index < -0.39 is 41.8 Å². The van der Waals surface area contributed by atoms with E-state index in [1.807, 2.05) is 0 Å². The van der Waals surface area contributed by atoms with Gasteiger partial charge in [0.1, 0.15) is 5.84 Å². The Balaban J connectivity index is 1.50. The molecule has 6 nitrogen and oxygen atoms in total. The molecule has 0 radical (unpaired) electrons. The molecule has 2 saturated carbocycles. The van der Waals surface area contributed by atoms with Crippen LogP contribution in [0, 0.1) is 10.8 Å². The summed E-state index contributed by atoms with van der Waals surface area (Å²) in [5.41, 5.74) is -1.36. The van der Waals surface area contributed by atoms with Crippen LogP contribution in [0.4, 0.5) is 27.6 Å². The number of halogens is 5. The number of alkyl halides is 5. The average Bonchev–Trinajstić information content (AvgIpc) is 3.18. The number of benzene rings is 2. The lowest BCUT2D eigenvalue weighted by molar-refractivity contribution is -0.138. The summed E-state index contributed by atoms with van der Waals surface area (Å²) in [5.74, 6) is -3.77. The zero-order valence-corrected chi connectivity index (χ0v) is 21.6. The van der Waals surface area contributed by atoms with Gasteiger partial charge in [-0.1, -0.05) is 18.6 Å². The monoisotopic (exact) mass is 547 g/mol. The summed E-state index contributed by atoms with van der Waals surface area (Å²) in [5, 5.41) is 19.3. The molecule has 3 N–H and O–H groups in total. The van der Waals surface area contributed by atoms with Crippen molar-refractivity contribution >= 4 is 23.8 Å². The Bertz CT molecular complexity index is 1330. The Morgan fingerprint density at radius 1 is 1.21 bits per heavy atom. The number of anilines is 1. The summed E-state index contributed by atoms with van der Waals surface area (Å²) < 4.78 is 70.7. The largest absolute Gasteiger partial charge is 0.416 e. The van der Waals surface area contributed by atoms with Gasteiger partial charge >= 0.3 is 6.18 Å². The van der Waals surface area contributed by atoms with E-state index in [-0.39, 0.29) is 41.3 Å². The minimum Gasteiger partial charge on any atom is -0.324 e. The van der Waals surface area contributed by atoms with Crippen molar-refractivity contribution in [2.75, 3.05) is 11.9 Å². The van der Waals surface area contributed by atoms with E-state index in [1.54, 1.807) is 25.1 Å². The fourth-order valence-electron chi connectivity index (χ4n) is 5.88. The van der Waals surface area contributed by atoms with Crippen LogP contribution in [0.15, 0.2) is 36.4 Å². The minimum absolute atomic E-state index is 0.0198. The van der Waals surface area contributed by atoms with E-state index in [0.717, 1.165) is 36.6 Å². The first-order valence-electron chi connectivity index (χ1n) is 12.9. The number of nitrogens with one attached hydrogen (secondary N) is 3. The van der Waals surface area contributed by atoms with E-state index in [1.165, 1.54) is 24.1 Å². The van der Waals surface area contributed by atoms with Gasteiger partial charge in [0, 0.05) is 43.2 Å². The molecule has 208 valence electrons. The lowest BCUT2D eigenvalue weighted by Gasteiger charge is -2.49. The molecule has 0 aromatic heterocycles. The fourth-order valence-corrected chi connectivity index (χ4v) is 5.88. The molecule has 5 rings (SSSR count). The van der Waals surface area contributed by atoms with E-state index >= 15 is 0 Å². The first kappa shape index (κ1) is 27.2. The van der Waals surface area contributed by atoms with Gasteiger partial charge in [0.05, 0.1) is 23.9 Å². The molecule has 1 aliphatic heterocycles. The van der Waals surface area contributed by atoms with Gasteiger partial charge in [-0.15, -0.1) is 0 Å². The van der Waals surface area contributed by atoms with Gasteiger partial charge in [-0.25, -0.2) is 8.78 Å². The van der Waals surface area contributed by atoms with Crippen molar-refractivity contribution < 1.29 is 26.7 Å². The van der Waals surface area contributed by atoms with Crippen LogP contribution in [0.25, 0.3) is 0 Å². The van der Waals surface area contributed by atoms with E-state index in [4.69, 9.17) is 10.8 Å². The van der Waals surface area contributed by atoms with Gasteiger partial charge in [0.25, 0.3) is 11.8 Å². The zero-order valence-electron chi connectivity index (χ0n) is 21.6. The second kappa shape index (κ2) is 9.39. The van der Waals surface area contributed by atoms with Crippen LogP contribution >= 0.6 is 0 Å². The Morgan fingerprint density at radius 3 is 2.46 bits per heavy atom. The highest BCUT2D eigenvalue weighted by atomic mass is 19.4. The lowest BCUT2D eigenvalue weighted by Crippen LogP contribution is -2.58. The molecule has 2 aliphatic carbocycles. The van der Waals surface area contributed by atoms with Gasteiger partial charge in [0.15, 0.2) is 0 Å². The molecule has 1 amide bonds. The van der Waals surface area contributed by atoms with Crippen LogP contribution < -0.4 is 10.2 Å². The number of carbonyl (C=O) groups is 1. The number of rotatable bonds is 7. The molecule has 0 spiro atoms. The van der Waals surface area contributed by atoms with Crippen LogP contribution in [-0.2, 0) is 18.1 Å². The number of amides is 1. The zero-order chi connectivity index (χ0) is 28.3. The molecular weight excluding hydrogens is 517 g/mol. The van der Waals surface area contributed by atoms with Crippen molar-refractivity contribution in [3.63, 3.8) is 0 Å². The number of likely N-dealkylation sites (N-methyl/N-ethyl adjacent to an activating group) is 1. The molecule has 1 atom stereocenters. The molecule has 2 aromatic carbocycles. The second-order valence-corrected chi connectivity index (χ2v) is 10.9. The Kier molecular flexibility index (Phi) is 6.56. The van der Waals surface area contributed by atoms with Crippen molar-refractivity contribution in [1.29, 1.82) is 10.8 Å². The van der Waals surface area contributed by atoms with Crippen molar-refractivity contribution in [1.82, 2.24) is 10.2 Å². The summed E-state index contributed by atoms with van der Waals surface area (Å²) in [6.07, 6.45) is -2.07. The van der Waals surface area contributed by atoms with E-state index in [9.17, 15) is 26.7 Å². The predicted molar refractivity (Wildman–Crippen MR) is 138 cm³/mol. The second-order valence-electron chi connectivity index (χ2n) is 10.9. The van der Waals surface area contributed by atoms with Crippen LogP contribution in [0.3, 0.4) is 0 Å². The maximum Gasteiger partial charge on any atom is 0.416 e. The number of nitrogens with zero attached hydrogens (tertiary/aromatic N) is 2. The van der Waals surface area contributed by atoms with Crippen molar-refractivity contribution in [2.24, 2.45) is 0 Å². The molecule has 39 heavy (non-hydrogen) atoms. The number of amidine groups is 1. The molecule has 1 heterocycles. The highest BCUT2D eigenvalue weighted by Gasteiger charge is 2.60. The summed E-state index contributed by atoms with van der Waals surface area (Å²) in [4.78, 5) is 15.9. The minimum atomic E-state index is -4.66. The first-order chi connectivity index (χ1) is 18.3. The van der Waals surface area contributed by atoms with Crippen LogP contribution in [0.2, 0.25) is 0 Å². The molecule has 2 fully saturated rings. The number of fused-ring (bicyclic) bond motifs is 1. The number of hydrogen-bond donors (Lipinski definition) is 3. The van der Waals surface area contributed by atoms with Gasteiger partial charge in [0.2, 0.25) is 0 Å². The lowest BCUT2D eigenvalue weighted by atomic mass is 9.61. The van der Waals surface area contributed by atoms with Crippen LogP contribution in [0.5, 0.6) is 0 Å². The smallest absolute Gasteiger partial charge is 0.324 e. The third-order valence-electron chi connectivity index (χ3n) is 8.29. The third-order valence-corrected chi connectivity index (χ3v) is 8.29. The van der Waals surface area contributed by atoms with Crippen molar-refractivity contribution in [3.8, 4) is 0 Å². The molecule has 0 unspecified atom stereocenters. The van der Waals surface area contributed by atoms with Crippen molar-refractivity contribution in [3.05, 3.63) is 64.2 Å². The summed E-state index contributed by atoms with van der Waals surface area (Å²) >= 11 is 0. The molecule has 2 aromatic rings. The quantitative estimate of drug-likeness (QED) is 0.218. The van der Waals surface area contributed by atoms with Gasteiger partial charge < -0.3 is 15.1 Å². The standard InChI is InChI=1S/C28H30F5N5O/c1-16(36-19-6-4-7-19)17-9-21-22(23(10-17)28(31,32)33)12-38(24(21)39)20-8-3-5-18(11-20)26(13-27(29,30)14-26)25(35)37(2)15-34/h3,5,8-11,15-16,19,34-36H,4,6-7,12-14H2,1-2H3/t16-/m1/s1. The highest BCUT2D eigenvalue weighted by molar-refractivity contribution is 6.10. The Hall–Kier alpha value is -3.34. The van der Waals surface area contributed by atoms with Crippen LogP contribution in [0.1, 0.15) is 77.7 Å². The summed E-state index contributed by atoms with van der Waals surface area (Å²) in [7, 11) is 1.43. The van der Waals surface area contributed by atoms with Crippen molar-refractivity contribution in [2.45, 2.75) is 75.2 Å². The normalized spacial score (nSPS) is 20.6. The maximum atomic E-state index is 14.2. The molecule has 3 aliphatic rings. The number of hydrogen-bond acceptors (Lipinski definition) is 4. The van der Waals surface area contributed by atoms with E-state index in [2.05, 4.69) is 5.32 Å². The predicted octanol–water partition coefficient (Wildman–Crippen LogP) is 6.25. The summed E-state index contributed by atoms with van der Waals surface area (Å²) in [6, 6.07) is 8.69. The van der Waals surface area contributed by atoms with E-state index in [0.29, 0.717) is 11.1 Å².